The maximum Gasteiger partial charge on any atom is 0.356 e. The third-order valence-electron chi connectivity index (χ3n) is 4.54. The number of aromatic nitrogens is 3. The van der Waals surface area contributed by atoms with Gasteiger partial charge in [-0.2, -0.15) is 4.68 Å². The molecule has 5 rings (SSSR count). The molecule has 0 bridgehead atoms. The van der Waals surface area contributed by atoms with Crippen LogP contribution < -0.4 is 11.4 Å². The standard InChI is InChI=1S/C19H13N3O2/c23-18-20-12-15-10-13-6-4-5-7-14(13)11-17(15)22(20)19(24)21(18)16-8-2-1-3-9-16/h1-11H,12H2. The molecule has 0 N–H and O–H groups in total. The van der Waals surface area contributed by atoms with Crippen LogP contribution in [0.5, 0.6) is 0 Å². The number of rotatable bonds is 1. The molecule has 0 unspecified atom stereocenters. The van der Waals surface area contributed by atoms with Crippen LogP contribution in [-0.4, -0.2) is 13.9 Å². The summed E-state index contributed by atoms with van der Waals surface area (Å²) in [6, 6.07) is 21.0. The molecule has 5 heteroatoms. The quantitative estimate of drug-likeness (QED) is 0.476. The zero-order valence-corrected chi connectivity index (χ0v) is 12.7. The fraction of sp³-hybridized carbons (Fsp3) is 0.0526. The topological polar surface area (TPSA) is 48.9 Å². The summed E-state index contributed by atoms with van der Waals surface area (Å²) in [5.74, 6) is 0. The molecule has 0 amide bonds. The van der Waals surface area contributed by atoms with Crippen molar-refractivity contribution in [2.45, 2.75) is 6.54 Å². The molecule has 4 aromatic rings. The lowest BCUT2D eigenvalue weighted by Crippen LogP contribution is -2.28. The molecule has 0 spiro atoms. The number of hydrogen-bond donors (Lipinski definition) is 0. The second kappa shape index (κ2) is 4.58. The first-order valence-electron chi connectivity index (χ1n) is 7.76. The van der Waals surface area contributed by atoms with Crippen molar-refractivity contribution in [2.24, 2.45) is 0 Å². The molecule has 0 saturated carbocycles. The SMILES string of the molecule is O=c1n(-c2ccccc2)c(=O)n2n1Cc1cc3ccccc3cc1-2. The Hall–Kier alpha value is -3.34. The van der Waals surface area contributed by atoms with Gasteiger partial charge >= 0.3 is 11.4 Å². The Morgan fingerprint density at radius 2 is 1.42 bits per heavy atom. The third-order valence-corrected chi connectivity index (χ3v) is 4.54. The van der Waals surface area contributed by atoms with Crippen LogP contribution in [0.1, 0.15) is 5.56 Å². The summed E-state index contributed by atoms with van der Waals surface area (Å²) in [6.07, 6.45) is 0. The van der Waals surface area contributed by atoms with Crippen LogP contribution >= 0.6 is 0 Å². The van der Waals surface area contributed by atoms with Crippen LogP contribution in [0, 0.1) is 0 Å². The predicted molar refractivity (Wildman–Crippen MR) is 92.2 cm³/mol. The van der Waals surface area contributed by atoms with E-state index in [1.54, 1.807) is 12.1 Å². The van der Waals surface area contributed by atoms with Gasteiger partial charge in [-0.1, -0.05) is 42.5 Å². The Kier molecular flexibility index (Phi) is 2.51. The highest BCUT2D eigenvalue weighted by Crippen LogP contribution is 2.26. The number of fused-ring (bicyclic) bond motifs is 4. The van der Waals surface area contributed by atoms with Gasteiger partial charge in [-0.15, -0.1) is 0 Å². The lowest BCUT2D eigenvalue weighted by molar-refractivity contribution is 0.625. The molecule has 24 heavy (non-hydrogen) atoms. The summed E-state index contributed by atoms with van der Waals surface area (Å²) in [4.78, 5) is 25.6. The number of benzene rings is 3. The zero-order chi connectivity index (χ0) is 16.3. The molecule has 1 aliphatic rings. The molecule has 0 aliphatic carbocycles. The van der Waals surface area contributed by atoms with Gasteiger partial charge in [0.2, 0.25) is 0 Å². The molecule has 3 aromatic carbocycles. The zero-order valence-electron chi connectivity index (χ0n) is 12.7. The van der Waals surface area contributed by atoms with E-state index in [0.717, 1.165) is 22.0 Å². The second-order valence-corrected chi connectivity index (χ2v) is 5.93. The van der Waals surface area contributed by atoms with Crippen LogP contribution in [0.4, 0.5) is 0 Å². The average Bonchev–Trinajstić information content (AvgIpc) is 3.09. The van der Waals surface area contributed by atoms with Crippen molar-refractivity contribution in [1.82, 2.24) is 13.9 Å². The van der Waals surface area contributed by atoms with E-state index >= 15 is 0 Å². The number of nitrogens with zero attached hydrogens (tertiary/aromatic N) is 3. The van der Waals surface area contributed by atoms with Crippen LogP contribution in [0.15, 0.2) is 76.3 Å². The van der Waals surface area contributed by atoms with Gasteiger partial charge < -0.3 is 0 Å². The van der Waals surface area contributed by atoms with Crippen molar-refractivity contribution in [1.29, 1.82) is 0 Å². The summed E-state index contributed by atoms with van der Waals surface area (Å²) in [5, 5.41) is 2.16. The van der Waals surface area contributed by atoms with E-state index < -0.39 is 0 Å². The molecule has 0 radical (unpaired) electrons. The van der Waals surface area contributed by atoms with Crippen LogP contribution in [-0.2, 0) is 6.54 Å². The van der Waals surface area contributed by atoms with Crippen LogP contribution in [0.2, 0.25) is 0 Å². The fourth-order valence-electron chi connectivity index (χ4n) is 3.41. The maximum absolute atomic E-state index is 12.9. The van der Waals surface area contributed by atoms with Gasteiger partial charge in [0, 0.05) is 5.56 Å². The molecule has 1 aliphatic heterocycles. The van der Waals surface area contributed by atoms with E-state index in [1.807, 2.05) is 48.5 Å². The molecule has 0 atom stereocenters. The molecule has 0 saturated heterocycles. The molecule has 0 fully saturated rings. The minimum atomic E-state index is -0.333. The van der Waals surface area contributed by atoms with Crippen LogP contribution in [0.3, 0.4) is 0 Å². The summed E-state index contributed by atoms with van der Waals surface area (Å²) < 4.78 is 4.20. The summed E-state index contributed by atoms with van der Waals surface area (Å²) >= 11 is 0. The molecule has 5 nitrogen and oxygen atoms in total. The smallest absolute Gasteiger partial charge is 0.245 e. The highest BCUT2D eigenvalue weighted by atomic mass is 16.2. The Bertz CT molecular complexity index is 1210. The van der Waals surface area contributed by atoms with E-state index in [4.69, 9.17) is 0 Å². The molecule has 116 valence electrons. The van der Waals surface area contributed by atoms with Crippen molar-refractivity contribution >= 4 is 10.8 Å². The highest BCUT2D eigenvalue weighted by molar-refractivity contribution is 5.86. The van der Waals surface area contributed by atoms with Crippen molar-refractivity contribution in [3.63, 3.8) is 0 Å². The predicted octanol–water partition coefficient (Wildman–Crippen LogP) is 2.30. The van der Waals surface area contributed by atoms with Gasteiger partial charge in [-0.3, -0.25) is 0 Å². The monoisotopic (exact) mass is 315 g/mol. The van der Waals surface area contributed by atoms with E-state index in [9.17, 15) is 9.59 Å². The fourth-order valence-corrected chi connectivity index (χ4v) is 3.41. The molecule has 2 heterocycles. The summed E-state index contributed by atoms with van der Waals surface area (Å²) in [7, 11) is 0. The molecule has 1 aromatic heterocycles. The van der Waals surface area contributed by atoms with Crippen molar-refractivity contribution in [3.05, 3.63) is 93.3 Å². The van der Waals surface area contributed by atoms with Crippen LogP contribution in [0.25, 0.3) is 22.1 Å². The van der Waals surface area contributed by atoms with Crippen molar-refractivity contribution in [3.8, 4) is 11.4 Å². The van der Waals surface area contributed by atoms with Gasteiger partial charge in [0.05, 0.1) is 17.9 Å². The lowest BCUT2D eigenvalue weighted by atomic mass is 10.1. The minimum absolute atomic E-state index is 0.313. The van der Waals surface area contributed by atoms with Gasteiger partial charge in [0.1, 0.15) is 0 Å². The number of para-hydroxylation sites is 1. The van der Waals surface area contributed by atoms with E-state index in [2.05, 4.69) is 6.07 Å². The van der Waals surface area contributed by atoms with Gasteiger partial charge in [-0.05, 0) is 35.0 Å². The first-order chi connectivity index (χ1) is 11.7. The van der Waals surface area contributed by atoms with Crippen molar-refractivity contribution < 1.29 is 0 Å². The Morgan fingerprint density at radius 1 is 0.750 bits per heavy atom. The van der Waals surface area contributed by atoms with Crippen molar-refractivity contribution in [2.75, 3.05) is 0 Å². The second-order valence-electron chi connectivity index (χ2n) is 5.93. The largest absolute Gasteiger partial charge is 0.356 e. The highest BCUT2D eigenvalue weighted by Gasteiger charge is 2.26. The minimum Gasteiger partial charge on any atom is -0.245 e. The third kappa shape index (κ3) is 1.64. The molecular weight excluding hydrogens is 302 g/mol. The Balaban J connectivity index is 1.82. The Morgan fingerprint density at radius 3 is 2.17 bits per heavy atom. The van der Waals surface area contributed by atoms with Gasteiger partial charge in [-0.25, -0.2) is 18.8 Å². The average molecular weight is 315 g/mol. The molecular formula is C19H13N3O2. The summed E-state index contributed by atoms with van der Waals surface area (Å²) in [6.45, 7) is 0.411. The normalized spacial score (nSPS) is 12.3. The Labute approximate surface area is 136 Å². The van der Waals surface area contributed by atoms with Gasteiger partial charge in [0.25, 0.3) is 0 Å². The van der Waals surface area contributed by atoms with E-state index in [1.165, 1.54) is 13.9 Å². The first-order valence-corrected chi connectivity index (χ1v) is 7.76. The van der Waals surface area contributed by atoms with Gasteiger partial charge in [0.15, 0.2) is 0 Å². The van der Waals surface area contributed by atoms with E-state index in [0.29, 0.717) is 12.2 Å². The maximum atomic E-state index is 12.9. The first kappa shape index (κ1) is 13.1. The summed E-state index contributed by atoms with van der Waals surface area (Å²) in [5.41, 5.74) is 1.71. The van der Waals surface area contributed by atoms with E-state index in [-0.39, 0.29) is 11.4 Å². The lowest BCUT2D eigenvalue weighted by Gasteiger charge is -2.04. The number of hydrogen-bond acceptors (Lipinski definition) is 2.